The van der Waals surface area contributed by atoms with Gasteiger partial charge in [-0.3, -0.25) is 0 Å². The fourth-order valence-electron chi connectivity index (χ4n) is 12.9. The molecular weight excluding hydrogens is 1020 g/mol. The van der Waals surface area contributed by atoms with Crippen LogP contribution in [0.15, 0.2) is 315 Å². The molecule has 4 nitrogen and oxygen atoms in total. The van der Waals surface area contributed by atoms with E-state index in [-0.39, 0.29) is 12.0 Å². The molecule has 14 aromatic rings. The minimum atomic E-state index is 0.191. The van der Waals surface area contributed by atoms with Crippen LogP contribution in [0.25, 0.3) is 128 Å². The van der Waals surface area contributed by atoms with Crippen LogP contribution < -0.4 is 4.90 Å². The second kappa shape index (κ2) is 20.6. The van der Waals surface area contributed by atoms with Gasteiger partial charge in [-0.1, -0.05) is 237 Å². The van der Waals surface area contributed by atoms with Gasteiger partial charge in [0.25, 0.3) is 0 Å². The summed E-state index contributed by atoms with van der Waals surface area (Å²) < 4.78 is 2.39. The topological polar surface area (TPSA) is 34.0 Å². The number of benzene rings is 12. The standard InChI is InChI=1S/C80H54N4/c1-3-15-53(16-4-1)61-19-13-21-63(49-61)57-37-43-67(44-38-57)83-75-27-11-7-23-69(75)71-51-65(41-47-77(71)83)55-29-33-59(34-30-55)79-80(82-74-26-10-9-25-73(74)81-79)60-35-31-56(32-36-60)66-42-48-78-72(52-66)70-24-8-12-28-76(70)84(78)68-45-39-58(40-46-68)64-22-14-20-62(50-64)54-17-5-2-6-18-54/h1-52,69,75H. The molecule has 0 saturated heterocycles. The number of hydrogen-bond donors (Lipinski definition) is 0. The summed E-state index contributed by atoms with van der Waals surface area (Å²) in [7, 11) is 0. The molecule has 0 radical (unpaired) electrons. The number of rotatable bonds is 10. The average molecular weight is 1070 g/mol. The van der Waals surface area contributed by atoms with Gasteiger partial charge in [-0.25, -0.2) is 9.97 Å². The number of allylic oxidation sites excluding steroid dienone is 2. The molecule has 0 amide bonds. The summed E-state index contributed by atoms with van der Waals surface area (Å²) in [6.45, 7) is 0. The molecule has 1 aliphatic carbocycles. The zero-order valence-corrected chi connectivity index (χ0v) is 46.0. The zero-order valence-electron chi connectivity index (χ0n) is 46.0. The van der Waals surface area contributed by atoms with Crippen molar-refractivity contribution in [3.8, 4) is 95.0 Å². The van der Waals surface area contributed by atoms with Crippen LogP contribution in [0, 0.1) is 0 Å². The zero-order chi connectivity index (χ0) is 55.5. The summed E-state index contributed by atoms with van der Waals surface area (Å²) in [5, 5.41) is 2.44. The van der Waals surface area contributed by atoms with Gasteiger partial charge in [0.2, 0.25) is 0 Å². The highest BCUT2D eigenvalue weighted by molar-refractivity contribution is 6.10. The van der Waals surface area contributed by atoms with Crippen molar-refractivity contribution in [2.45, 2.75) is 12.0 Å². The third kappa shape index (κ3) is 8.71. The Morgan fingerprint density at radius 1 is 0.274 bits per heavy atom. The molecule has 0 bridgehead atoms. The quantitative estimate of drug-likeness (QED) is 0.137. The molecular formula is C80H54N4. The van der Waals surface area contributed by atoms with E-state index in [0.29, 0.717) is 0 Å². The highest BCUT2D eigenvalue weighted by Gasteiger charge is 2.37. The Kier molecular flexibility index (Phi) is 12.0. The lowest BCUT2D eigenvalue weighted by atomic mass is 9.89. The fourth-order valence-corrected chi connectivity index (χ4v) is 12.9. The number of aromatic nitrogens is 3. The number of nitrogens with zero attached hydrogens (tertiary/aromatic N) is 4. The van der Waals surface area contributed by atoms with Crippen molar-refractivity contribution in [2.75, 3.05) is 4.90 Å². The third-order valence-electron chi connectivity index (χ3n) is 17.2. The van der Waals surface area contributed by atoms with E-state index in [0.717, 1.165) is 55.9 Å². The normalized spacial score (nSPS) is 14.3. The van der Waals surface area contributed by atoms with Crippen molar-refractivity contribution in [1.82, 2.24) is 14.5 Å². The maximum Gasteiger partial charge on any atom is 0.0973 e. The second-order valence-electron chi connectivity index (χ2n) is 22.1. The first kappa shape index (κ1) is 48.9. The van der Waals surface area contributed by atoms with Crippen molar-refractivity contribution < 1.29 is 0 Å². The minimum absolute atomic E-state index is 0.191. The molecule has 394 valence electrons. The molecule has 0 saturated carbocycles. The Labute approximate surface area is 488 Å². The Hall–Kier alpha value is -10.9. The van der Waals surface area contributed by atoms with Crippen LogP contribution in [0.2, 0.25) is 0 Å². The average Bonchev–Trinajstić information content (AvgIpc) is 2.29. The van der Waals surface area contributed by atoms with Gasteiger partial charge in [0.05, 0.1) is 39.5 Å². The maximum atomic E-state index is 5.31. The molecule has 2 atom stereocenters. The molecule has 2 aliphatic rings. The van der Waals surface area contributed by atoms with Gasteiger partial charge in [-0.05, 0) is 151 Å². The Bertz CT molecular complexity index is 4860. The maximum absolute atomic E-state index is 5.31. The minimum Gasteiger partial charge on any atom is -0.333 e. The van der Waals surface area contributed by atoms with Gasteiger partial charge in [0, 0.05) is 44.9 Å². The third-order valence-corrected chi connectivity index (χ3v) is 17.2. The molecule has 12 aromatic carbocycles. The van der Waals surface area contributed by atoms with Gasteiger partial charge < -0.3 is 9.47 Å². The van der Waals surface area contributed by atoms with Crippen LogP contribution in [-0.4, -0.2) is 20.6 Å². The van der Waals surface area contributed by atoms with Gasteiger partial charge in [-0.15, -0.1) is 0 Å². The van der Waals surface area contributed by atoms with E-state index in [1.54, 1.807) is 0 Å². The first-order valence-electron chi connectivity index (χ1n) is 28.9. The van der Waals surface area contributed by atoms with Crippen LogP contribution in [0.3, 0.4) is 0 Å². The lowest BCUT2D eigenvalue weighted by molar-refractivity contribution is 0.745. The number of hydrogen-bond acceptors (Lipinski definition) is 3. The molecule has 0 N–H and O–H groups in total. The summed E-state index contributed by atoms with van der Waals surface area (Å²) in [6.07, 6.45) is 9.09. The molecule has 84 heavy (non-hydrogen) atoms. The second-order valence-corrected chi connectivity index (χ2v) is 22.1. The van der Waals surface area contributed by atoms with Crippen LogP contribution in [0.1, 0.15) is 11.5 Å². The molecule has 3 heterocycles. The van der Waals surface area contributed by atoms with Gasteiger partial charge in [0.15, 0.2) is 0 Å². The lowest BCUT2D eigenvalue weighted by Crippen LogP contribution is -2.28. The van der Waals surface area contributed by atoms with Gasteiger partial charge >= 0.3 is 0 Å². The molecule has 2 unspecified atom stereocenters. The highest BCUT2D eigenvalue weighted by atomic mass is 15.2. The monoisotopic (exact) mass is 1070 g/mol. The molecule has 4 heteroatoms. The van der Waals surface area contributed by atoms with E-state index in [4.69, 9.17) is 9.97 Å². The van der Waals surface area contributed by atoms with Crippen molar-refractivity contribution in [2.24, 2.45) is 0 Å². The van der Waals surface area contributed by atoms with Crippen LogP contribution in [0.4, 0.5) is 11.4 Å². The number of fused-ring (bicyclic) bond motifs is 7. The summed E-state index contributed by atoms with van der Waals surface area (Å²) in [4.78, 5) is 13.1. The Balaban J connectivity index is 0.679. The SMILES string of the molecule is C1=CC2c3cc(-c4ccc(-c5nc6ccccc6nc5-c5ccc(-c6ccc7c(c6)c6ccccc6n7-c6ccc(-c7cccc(-c8ccccc8)c7)cc6)cc5)cc4)ccc3N(c3ccc(-c4cccc(-c5ccccc5)c4)cc3)C2C=C1. The van der Waals surface area contributed by atoms with E-state index >= 15 is 0 Å². The van der Waals surface area contributed by atoms with E-state index in [9.17, 15) is 0 Å². The summed E-state index contributed by atoms with van der Waals surface area (Å²) in [5.74, 6) is 0.239. The lowest BCUT2D eigenvalue weighted by Gasteiger charge is -2.28. The number of para-hydroxylation sites is 3. The Morgan fingerprint density at radius 3 is 1.25 bits per heavy atom. The van der Waals surface area contributed by atoms with E-state index in [1.807, 2.05) is 12.1 Å². The van der Waals surface area contributed by atoms with Crippen molar-refractivity contribution >= 4 is 44.2 Å². The summed E-state index contributed by atoms with van der Waals surface area (Å²) in [5.41, 5.74) is 27.1. The first-order valence-corrected chi connectivity index (χ1v) is 28.9. The highest BCUT2D eigenvalue weighted by Crippen LogP contribution is 2.49. The van der Waals surface area contributed by atoms with Crippen LogP contribution in [0.5, 0.6) is 0 Å². The van der Waals surface area contributed by atoms with Crippen molar-refractivity contribution in [1.29, 1.82) is 0 Å². The molecule has 0 spiro atoms. The summed E-state index contributed by atoms with van der Waals surface area (Å²) >= 11 is 0. The first-order chi connectivity index (χ1) is 41.6. The smallest absolute Gasteiger partial charge is 0.0973 e. The predicted molar refractivity (Wildman–Crippen MR) is 351 cm³/mol. The number of anilines is 2. The molecule has 16 rings (SSSR count). The van der Waals surface area contributed by atoms with Crippen LogP contribution >= 0.6 is 0 Å². The molecule has 2 aromatic heterocycles. The van der Waals surface area contributed by atoms with E-state index in [2.05, 4.69) is 313 Å². The predicted octanol–water partition coefficient (Wildman–Crippen LogP) is 20.8. The van der Waals surface area contributed by atoms with Crippen molar-refractivity contribution in [3.63, 3.8) is 0 Å². The van der Waals surface area contributed by atoms with Crippen molar-refractivity contribution in [3.05, 3.63) is 321 Å². The van der Waals surface area contributed by atoms with E-state index in [1.165, 1.54) is 88.8 Å². The van der Waals surface area contributed by atoms with Gasteiger partial charge in [0.1, 0.15) is 0 Å². The largest absolute Gasteiger partial charge is 0.333 e. The van der Waals surface area contributed by atoms with Gasteiger partial charge in [-0.2, -0.15) is 0 Å². The van der Waals surface area contributed by atoms with E-state index < -0.39 is 0 Å². The Morgan fingerprint density at radius 2 is 0.679 bits per heavy atom. The molecule has 0 fully saturated rings. The fraction of sp³-hybridized carbons (Fsp3) is 0.0250. The molecule has 1 aliphatic heterocycles. The summed E-state index contributed by atoms with van der Waals surface area (Å²) in [6, 6.07) is 106. The van der Waals surface area contributed by atoms with Crippen LogP contribution in [-0.2, 0) is 0 Å².